The summed E-state index contributed by atoms with van der Waals surface area (Å²) < 4.78 is 0. The van der Waals surface area contributed by atoms with Crippen molar-refractivity contribution in [3.63, 3.8) is 0 Å². The summed E-state index contributed by atoms with van der Waals surface area (Å²) >= 11 is 3.73. The minimum Gasteiger partial charge on any atom is -0.318 e. The highest BCUT2D eigenvalue weighted by molar-refractivity contribution is 7.99. The van der Waals surface area contributed by atoms with E-state index in [1.807, 2.05) is 18.7 Å². The Hall–Kier alpha value is -0.520. The lowest BCUT2D eigenvalue weighted by molar-refractivity contribution is -0.132. The smallest absolute Gasteiger partial charge is 0.241 e. The summed E-state index contributed by atoms with van der Waals surface area (Å²) in [6.45, 7) is 1.97. The van der Waals surface area contributed by atoms with E-state index in [0.717, 1.165) is 12.8 Å². The van der Waals surface area contributed by atoms with Gasteiger partial charge in [0, 0.05) is 10.9 Å². The molecule has 0 saturated carbocycles. The molecular weight excluding hydrogens is 264 g/mol. The monoisotopic (exact) mass is 282 g/mol. The number of thioether (sulfide) groups is 1. The molecule has 3 rings (SSSR count). The largest absolute Gasteiger partial charge is 0.318 e. The van der Waals surface area contributed by atoms with Crippen LogP contribution in [0.15, 0.2) is 17.5 Å². The van der Waals surface area contributed by atoms with E-state index in [0.29, 0.717) is 6.04 Å². The molecule has 2 saturated heterocycles. The second kappa shape index (κ2) is 5.23. The van der Waals surface area contributed by atoms with Crippen molar-refractivity contribution in [3.8, 4) is 0 Å². The molecule has 0 spiro atoms. The summed E-state index contributed by atoms with van der Waals surface area (Å²) in [6, 6.07) is 4.55. The first-order valence-corrected chi connectivity index (χ1v) is 8.50. The fourth-order valence-electron chi connectivity index (χ4n) is 2.76. The van der Waals surface area contributed by atoms with Gasteiger partial charge >= 0.3 is 0 Å². The summed E-state index contributed by atoms with van der Waals surface area (Å²) in [5.41, 5.74) is 0. The third-order valence-corrected chi connectivity index (χ3v) is 5.68. The first-order valence-electron chi connectivity index (χ1n) is 6.47. The molecule has 1 amide bonds. The topological polar surface area (TPSA) is 32.3 Å². The van der Waals surface area contributed by atoms with Gasteiger partial charge in [-0.05, 0) is 42.7 Å². The lowest BCUT2D eigenvalue weighted by Gasteiger charge is -2.34. The minimum absolute atomic E-state index is 0.0494. The van der Waals surface area contributed by atoms with Crippen LogP contribution in [0.4, 0.5) is 0 Å². The summed E-state index contributed by atoms with van der Waals surface area (Å²) in [4.78, 5) is 15.7. The number of hydrogen-bond acceptors (Lipinski definition) is 4. The van der Waals surface area contributed by atoms with Crippen LogP contribution in [0.5, 0.6) is 0 Å². The van der Waals surface area contributed by atoms with E-state index in [1.54, 1.807) is 11.3 Å². The van der Waals surface area contributed by atoms with Crippen LogP contribution in [-0.4, -0.2) is 34.4 Å². The van der Waals surface area contributed by atoms with Crippen LogP contribution in [0.25, 0.3) is 0 Å². The van der Waals surface area contributed by atoms with Crippen LogP contribution < -0.4 is 5.32 Å². The second-order valence-corrected chi connectivity index (χ2v) is 7.10. The van der Waals surface area contributed by atoms with Gasteiger partial charge in [0.2, 0.25) is 5.91 Å². The fraction of sp³-hybridized carbons (Fsp3) is 0.615. The van der Waals surface area contributed by atoms with Crippen LogP contribution in [0, 0.1) is 0 Å². The Morgan fingerprint density at radius 1 is 1.39 bits per heavy atom. The van der Waals surface area contributed by atoms with Crippen molar-refractivity contribution in [2.24, 2.45) is 0 Å². The van der Waals surface area contributed by atoms with Crippen molar-refractivity contribution < 1.29 is 4.79 Å². The van der Waals surface area contributed by atoms with Crippen molar-refractivity contribution >= 4 is 29.0 Å². The van der Waals surface area contributed by atoms with Gasteiger partial charge in [-0.1, -0.05) is 6.07 Å². The van der Waals surface area contributed by atoms with Crippen LogP contribution in [0.2, 0.25) is 0 Å². The summed E-state index contributed by atoms with van der Waals surface area (Å²) in [5.74, 6) is 2.63. The Bertz CT molecular complexity index is 415. The van der Waals surface area contributed by atoms with Gasteiger partial charge in [-0.3, -0.25) is 10.1 Å². The van der Waals surface area contributed by atoms with Gasteiger partial charge in [0.05, 0.1) is 6.04 Å². The molecule has 0 aliphatic carbocycles. The fourth-order valence-corrected chi connectivity index (χ4v) is 4.62. The third-order valence-electron chi connectivity index (χ3n) is 3.71. The number of thiophene rings is 1. The molecule has 5 heteroatoms. The summed E-state index contributed by atoms with van der Waals surface area (Å²) in [6.07, 6.45) is 2.36. The molecular formula is C13H18N2OS2. The van der Waals surface area contributed by atoms with Gasteiger partial charge in [-0.15, -0.1) is 11.3 Å². The van der Waals surface area contributed by atoms with Crippen molar-refractivity contribution in [1.82, 2.24) is 10.2 Å². The molecule has 98 valence electrons. The highest BCUT2D eigenvalue weighted by atomic mass is 32.2. The normalized spacial score (nSPS) is 30.1. The number of rotatable bonds is 2. The minimum atomic E-state index is -0.0494. The molecule has 2 aliphatic rings. The Labute approximate surface area is 116 Å². The summed E-state index contributed by atoms with van der Waals surface area (Å²) in [7, 11) is 0. The maximum Gasteiger partial charge on any atom is 0.241 e. The molecule has 1 aromatic heterocycles. The van der Waals surface area contributed by atoms with Gasteiger partial charge in [-0.25, -0.2) is 0 Å². The van der Waals surface area contributed by atoms with Crippen molar-refractivity contribution in [1.29, 1.82) is 0 Å². The molecule has 3 nitrogen and oxygen atoms in total. The number of nitrogens with one attached hydrogen (secondary N) is 1. The average molecular weight is 282 g/mol. The van der Waals surface area contributed by atoms with Crippen LogP contribution in [0.1, 0.15) is 30.8 Å². The van der Waals surface area contributed by atoms with Crippen LogP contribution in [0.3, 0.4) is 0 Å². The van der Waals surface area contributed by atoms with E-state index in [4.69, 9.17) is 0 Å². The van der Waals surface area contributed by atoms with Crippen molar-refractivity contribution in [2.45, 2.75) is 38.0 Å². The number of carbonyl (C=O) groups excluding carboxylic acids is 1. The second-order valence-electron chi connectivity index (χ2n) is 4.90. The lowest BCUT2D eigenvalue weighted by atomic mass is 10.1. The highest BCUT2D eigenvalue weighted by Crippen LogP contribution is 2.34. The SMILES string of the molecule is CC1NC(c2cccs2)N(C2CCSCC2)C1=O. The maximum atomic E-state index is 12.4. The zero-order valence-electron chi connectivity index (χ0n) is 10.5. The molecule has 2 aliphatic heterocycles. The molecule has 3 heterocycles. The maximum absolute atomic E-state index is 12.4. The Balaban J connectivity index is 1.85. The average Bonchev–Trinajstić information content (AvgIpc) is 3.00. The lowest BCUT2D eigenvalue weighted by Crippen LogP contribution is -2.41. The molecule has 0 aromatic carbocycles. The molecule has 2 atom stereocenters. The quantitative estimate of drug-likeness (QED) is 0.904. The molecule has 2 fully saturated rings. The van der Waals surface area contributed by atoms with E-state index in [2.05, 4.69) is 27.7 Å². The van der Waals surface area contributed by atoms with Gasteiger partial charge in [0.25, 0.3) is 0 Å². The van der Waals surface area contributed by atoms with Gasteiger partial charge in [-0.2, -0.15) is 11.8 Å². The number of carbonyl (C=O) groups is 1. The molecule has 2 unspecified atom stereocenters. The number of hydrogen-bond donors (Lipinski definition) is 1. The molecule has 0 bridgehead atoms. The van der Waals surface area contributed by atoms with E-state index >= 15 is 0 Å². The predicted molar refractivity (Wildman–Crippen MR) is 76.9 cm³/mol. The van der Waals surface area contributed by atoms with E-state index in [9.17, 15) is 4.79 Å². The standard InChI is InChI=1S/C13H18N2OS2/c1-9-13(16)15(10-4-7-17-8-5-10)12(14-9)11-3-2-6-18-11/h2-3,6,9-10,12,14H,4-5,7-8H2,1H3. The molecule has 1 aromatic rings. The highest BCUT2D eigenvalue weighted by Gasteiger charge is 2.41. The molecule has 0 radical (unpaired) electrons. The zero-order chi connectivity index (χ0) is 12.5. The third kappa shape index (κ3) is 2.19. The van der Waals surface area contributed by atoms with Gasteiger partial charge < -0.3 is 4.90 Å². The molecule has 1 N–H and O–H groups in total. The van der Waals surface area contributed by atoms with Gasteiger partial charge in [0.1, 0.15) is 6.17 Å². The first kappa shape index (κ1) is 12.5. The Kier molecular flexibility index (Phi) is 3.63. The number of nitrogens with zero attached hydrogens (tertiary/aromatic N) is 1. The molecule has 18 heavy (non-hydrogen) atoms. The van der Waals surface area contributed by atoms with Crippen LogP contribution >= 0.6 is 23.1 Å². The van der Waals surface area contributed by atoms with Crippen LogP contribution in [-0.2, 0) is 4.79 Å². The predicted octanol–water partition coefficient (Wildman–Crippen LogP) is 2.46. The Morgan fingerprint density at radius 2 is 2.17 bits per heavy atom. The van der Waals surface area contributed by atoms with E-state index in [1.165, 1.54) is 16.4 Å². The first-order chi connectivity index (χ1) is 8.77. The van der Waals surface area contributed by atoms with E-state index < -0.39 is 0 Å². The Morgan fingerprint density at radius 3 is 2.83 bits per heavy atom. The summed E-state index contributed by atoms with van der Waals surface area (Å²) in [5, 5.41) is 5.52. The zero-order valence-corrected chi connectivity index (χ0v) is 12.1. The number of amides is 1. The van der Waals surface area contributed by atoms with Gasteiger partial charge in [0.15, 0.2) is 0 Å². The van der Waals surface area contributed by atoms with Crippen molar-refractivity contribution in [2.75, 3.05) is 11.5 Å². The van der Waals surface area contributed by atoms with E-state index in [-0.39, 0.29) is 18.1 Å². The van der Waals surface area contributed by atoms with Crippen molar-refractivity contribution in [3.05, 3.63) is 22.4 Å².